The van der Waals surface area contributed by atoms with Crippen LogP contribution in [0.2, 0.25) is 5.02 Å². The zero-order chi connectivity index (χ0) is 19.5. The van der Waals surface area contributed by atoms with Crippen molar-refractivity contribution < 1.29 is 14.3 Å². The van der Waals surface area contributed by atoms with Gasteiger partial charge in [0, 0.05) is 22.1 Å². The number of carbonyl (C=O) groups is 2. The number of methoxy groups -OCH3 is 1. The maximum atomic E-state index is 12.4. The summed E-state index contributed by atoms with van der Waals surface area (Å²) in [5, 5.41) is 3.17. The van der Waals surface area contributed by atoms with Gasteiger partial charge in [0.1, 0.15) is 23.1 Å². The predicted octanol–water partition coefficient (Wildman–Crippen LogP) is 2.72. The molecule has 2 rings (SSSR count). The molecule has 0 fully saturated rings. The number of nitrogens with zero attached hydrogens (tertiary/aromatic N) is 2. The van der Waals surface area contributed by atoms with Gasteiger partial charge in [-0.3, -0.25) is 9.59 Å². The summed E-state index contributed by atoms with van der Waals surface area (Å²) in [5.41, 5.74) is 5.59. The van der Waals surface area contributed by atoms with Crippen molar-refractivity contribution in [1.82, 2.24) is 9.97 Å². The Bertz CT molecular complexity index is 847. The summed E-state index contributed by atoms with van der Waals surface area (Å²) < 4.78 is 5.24. The fraction of sp³-hybridized carbons (Fsp3) is 0.333. The van der Waals surface area contributed by atoms with Gasteiger partial charge in [-0.15, -0.1) is 0 Å². The van der Waals surface area contributed by atoms with Crippen LogP contribution in [-0.2, 0) is 16.6 Å². The number of nitrogens with one attached hydrogen (secondary N) is 1. The molecule has 2 aromatic rings. The highest BCUT2D eigenvalue weighted by atomic mass is 35.5. The van der Waals surface area contributed by atoms with E-state index in [-0.39, 0.29) is 23.8 Å². The number of hydrogen-bond acceptors (Lipinski definition) is 5. The van der Waals surface area contributed by atoms with Crippen molar-refractivity contribution in [3.63, 3.8) is 0 Å². The fourth-order valence-corrected chi connectivity index (χ4v) is 2.41. The number of rotatable bonds is 5. The number of halogens is 1. The summed E-state index contributed by atoms with van der Waals surface area (Å²) in [5.74, 6) is 0.152. The lowest BCUT2D eigenvalue weighted by Crippen LogP contribution is -2.23. The van der Waals surface area contributed by atoms with Crippen LogP contribution in [0.1, 0.15) is 42.6 Å². The van der Waals surface area contributed by atoms with Gasteiger partial charge < -0.3 is 15.8 Å². The van der Waals surface area contributed by atoms with Crippen molar-refractivity contribution in [1.29, 1.82) is 0 Å². The minimum Gasteiger partial charge on any atom is -0.496 e. The average molecular weight is 377 g/mol. The second-order valence-electron chi connectivity index (χ2n) is 6.76. The van der Waals surface area contributed by atoms with Crippen LogP contribution in [0.5, 0.6) is 5.75 Å². The smallest absolute Gasteiger partial charge is 0.267 e. The molecule has 0 aliphatic carbocycles. The zero-order valence-corrected chi connectivity index (χ0v) is 15.8. The van der Waals surface area contributed by atoms with Crippen molar-refractivity contribution in [2.75, 3.05) is 12.4 Å². The highest BCUT2D eigenvalue weighted by Gasteiger charge is 2.21. The van der Waals surface area contributed by atoms with E-state index in [1.54, 1.807) is 18.2 Å². The summed E-state index contributed by atoms with van der Waals surface area (Å²) in [6, 6.07) is 6.39. The largest absolute Gasteiger partial charge is 0.496 e. The van der Waals surface area contributed by atoms with E-state index in [0.29, 0.717) is 22.2 Å². The lowest BCUT2D eigenvalue weighted by atomic mass is 9.95. The molecule has 0 atom stereocenters. The minimum absolute atomic E-state index is 0.0322. The quantitative estimate of drug-likeness (QED) is 0.834. The van der Waals surface area contributed by atoms with E-state index < -0.39 is 11.3 Å². The number of benzene rings is 1. The second-order valence-corrected chi connectivity index (χ2v) is 7.19. The Hall–Kier alpha value is -2.67. The number of hydrogen-bond donors (Lipinski definition) is 2. The molecule has 0 saturated carbocycles. The van der Waals surface area contributed by atoms with E-state index in [4.69, 9.17) is 22.1 Å². The molecule has 0 radical (unpaired) electrons. The fourth-order valence-electron chi connectivity index (χ4n) is 2.22. The number of nitrogens with two attached hydrogens (primary N) is 1. The Morgan fingerprint density at radius 1 is 1.23 bits per heavy atom. The number of amides is 2. The van der Waals surface area contributed by atoms with Crippen LogP contribution >= 0.6 is 11.6 Å². The van der Waals surface area contributed by atoms with E-state index in [1.165, 1.54) is 13.2 Å². The third-order valence-corrected chi connectivity index (χ3v) is 3.75. The van der Waals surface area contributed by atoms with Gasteiger partial charge in [0.15, 0.2) is 0 Å². The van der Waals surface area contributed by atoms with Gasteiger partial charge >= 0.3 is 0 Å². The highest BCUT2D eigenvalue weighted by Crippen LogP contribution is 2.24. The van der Waals surface area contributed by atoms with Gasteiger partial charge in [0.25, 0.3) is 5.91 Å². The summed E-state index contributed by atoms with van der Waals surface area (Å²) in [6.07, 6.45) is 0.0322. The van der Waals surface area contributed by atoms with Crippen LogP contribution in [0, 0.1) is 0 Å². The van der Waals surface area contributed by atoms with Gasteiger partial charge in [0.05, 0.1) is 13.5 Å². The molecule has 1 heterocycles. The van der Waals surface area contributed by atoms with Crippen LogP contribution in [0.15, 0.2) is 24.3 Å². The Kier molecular flexibility index (Phi) is 5.82. The molecule has 1 aromatic heterocycles. The SMILES string of the molecule is COc1ccc(Cl)cc1CC(=O)Nc1cc(C(N)=O)nc(C(C)(C)C)n1. The number of ether oxygens (including phenoxy) is 1. The van der Waals surface area contributed by atoms with E-state index in [1.807, 2.05) is 20.8 Å². The number of aromatic nitrogens is 2. The van der Waals surface area contributed by atoms with Crippen molar-refractivity contribution >= 4 is 29.2 Å². The van der Waals surface area contributed by atoms with E-state index in [0.717, 1.165) is 0 Å². The Morgan fingerprint density at radius 2 is 1.92 bits per heavy atom. The Labute approximate surface area is 156 Å². The molecule has 26 heavy (non-hydrogen) atoms. The van der Waals surface area contributed by atoms with E-state index >= 15 is 0 Å². The molecule has 3 N–H and O–H groups in total. The maximum Gasteiger partial charge on any atom is 0.267 e. The van der Waals surface area contributed by atoms with Gasteiger partial charge in [0.2, 0.25) is 5.91 Å². The first-order chi connectivity index (χ1) is 12.1. The zero-order valence-electron chi connectivity index (χ0n) is 15.1. The third kappa shape index (κ3) is 4.92. The van der Waals surface area contributed by atoms with Crippen LogP contribution in [0.4, 0.5) is 5.82 Å². The van der Waals surface area contributed by atoms with E-state index in [9.17, 15) is 9.59 Å². The molecule has 0 bridgehead atoms. The van der Waals surface area contributed by atoms with Gasteiger partial charge in [-0.1, -0.05) is 32.4 Å². The number of carbonyl (C=O) groups excluding carboxylic acids is 2. The monoisotopic (exact) mass is 376 g/mol. The molecular weight excluding hydrogens is 356 g/mol. The Morgan fingerprint density at radius 3 is 2.50 bits per heavy atom. The first-order valence-electron chi connectivity index (χ1n) is 7.92. The lowest BCUT2D eigenvalue weighted by molar-refractivity contribution is -0.115. The summed E-state index contributed by atoms with van der Waals surface area (Å²) in [7, 11) is 1.52. The minimum atomic E-state index is -0.690. The van der Waals surface area contributed by atoms with Gasteiger partial charge in [-0.2, -0.15) is 0 Å². The first kappa shape index (κ1) is 19.7. The van der Waals surface area contributed by atoms with Gasteiger partial charge in [-0.05, 0) is 18.2 Å². The summed E-state index contributed by atoms with van der Waals surface area (Å²) in [6.45, 7) is 5.70. The topological polar surface area (TPSA) is 107 Å². The van der Waals surface area contributed by atoms with Crippen LogP contribution in [0.25, 0.3) is 0 Å². The van der Waals surface area contributed by atoms with Gasteiger partial charge in [-0.25, -0.2) is 9.97 Å². The van der Waals surface area contributed by atoms with Crippen LogP contribution in [0.3, 0.4) is 0 Å². The van der Waals surface area contributed by atoms with Crippen molar-refractivity contribution in [3.05, 3.63) is 46.4 Å². The van der Waals surface area contributed by atoms with E-state index in [2.05, 4.69) is 15.3 Å². The molecule has 0 saturated heterocycles. The molecular formula is C18H21ClN4O3. The molecule has 0 aliphatic heterocycles. The first-order valence-corrected chi connectivity index (χ1v) is 8.29. The van der Waals surface area contributed by atoms with Crippen LogP contribution < -0.4 is 15.8 Å². The molecule has 0 spiro atoms. The molecule has 7 nitrogen and oxygen atoms in total. The highest BCUT2D eigenvalue weighted by molar-refractivity contribution is 6.30. The summed E-state index contributed by atoms with van der Waals surface area (Å²) in [4.78, 5) is 32.4. The van der Waals surface area contributed by atoms with Crippen molar-refractivity contribution in [2.24, 2.45) is 5.73 Å². The molecule has 0 aliphatic rings. The standard InChI is InChI=1S/C18H21ClN4O3/c1-18(2,3)17-21-12(16(20)25)9-14(23-17)22-15(24)8-10-7-11(19)5-6-13(10)26-4/h5-7,9H,8H2,1-4H3,(H2,20,25)(H,21,22,23,24). The predicted molar refractivity (Wildman–Crippen MR) is 99.6 cm³/mol. The van der Waals surface area contributed by atoms with Crippen molar-refractivity contribution in [2.45, 2.75) is 32.6 Å². The van der Waals surface area contributed by atoms with Crippen molar-refractivity contribution in [3.8, 4) is 5.75 Å². The normalized spacial score (nSPS) is 11.1. The number of primary amides is 1. The maximum absolute atomic E-state index is 12.4. The average Bonchev–Trinajstić information content (AvgIpc) is 2.53. The Balaban J connectivity index is 2.27. The summed E-state index contributed by atoms with van der Waals surface area (Å²) >= 11 is 5.98. The molecule has 2 amide bonds. The molecule has 1 aromatic carbocycles. The second kappa shape index (κ2) is 7.70. The lowest BCUT2D eigenvalue weighted by Gasteiger charge is -2.18. The molecule has 0 unspecified atom stereocenters. The number of anilines is 1. The van der Waals surface area contributed by atoms with Crippen LogP contribution in [-0.4, -0.2) is 28.9 Å². The third-order valence-electron chi connectivity index (χ3n) is 3.51. The molecule has 138 valence electrons. The molecule has 8 heteroatoms.